The summed E-state index contributed by atoms with van der Waals surface area (Å²) >= 11 is 0. The third-order valence-electron chi connectivity index (χ3n) is 2.18. The molecule has 0 aromatic heterocycles. The highest BCUT2D eigenvalue weighted by molar-refractivity contribution is 5.59. The first-order chi connectivity index (χ1) is 4.93. The van der Waals surface area contributed by atoms with Crippen molar-refractivity contribution in [2.24, 2.45) is 11.1 Å². The lowest BCUT2D eigenvalue weighted by Gasteiger charge is -2.03. The average Bonchev–Trinajstić information content (AvgIpc) is 2.17. The Kier molecular flexibility index (Phi) is 3.27. The van der Waals surface area contributed by atoms with E-state index in [9.17, 15) is 0 Å². The highest BCUT2D eigenvalue weighted by Gasteiger charge is 2.08. The second kappa shape index (κ2) is 4.31. The molecule has 0 radical (unpaired) electrons. The summed E-state index contributed by atoms with van der Waals surface area (Å²) < 4.78 is 0. The van der Waals surface area contributed by atoms with Gasteiger partial charge in [0.05, 0.1) is 0 Å². The summed E-state index contributed by atoms with van der Waals surface area (Å²) in [5.74, 6) is 0.549. The zero-order valence-corrected chi connectivity index (χ0v) is 6.29. The van der Waals surface area contributed by atoms with E-state index in [4.69, 9.17) is 5.21 Å². The van der Waals surface area contributed by atoms with Crippen molar-refractivity contribution in [3.8, 4) is 0 Å². The Bertz CT molecular complexity index is 104. The van der Waals surface area contributed by atoms with Crippen molar-refractivity contribution in [1.82, 2.24) is 0 Å². The predicted molar refractivity (Wildman–Crippen MR) is 41.5 cm³/mol. The fraction of sp³-hybridized carbons (Fsp3) is 0.875. The van der Waals surface area contributed by atoms with Gasteiger partial charge in [0.1, 0.15) is 0 Å². The van der Waals surface area contributed by atoms with E-state index in [1.165, 1.54) is 38.5 Å². The second-order valence-corrected chi connectivity index (χ2v) is 3.02. The average molecular weight is 141 g/mol. The molecule has 1 aliphatic rings. The molecule has 1 N–H and O–H groups in total. The van der Waals surface area contributed by atoms with Crippen LogP contribution >= 0.6 is 0 Å². The summed E-state index contributed by atoms with van der Waals surface area (Å²) in [6, 6.07) is 0. The highest BCUT2D eigenvalue weighted by Crippen LogP contribution is 2.20. The van der Waals surface area contributed by atoms with Crippen molar-refractivity contribution in [3.05, 3.63) is 0 Å². The van der Waals surface area contributed by atoms with Gasteiger partial charge in [-0.05, 0) is 18.8 Å². The van der Waals surface area contributed by atoms with Crippen molar-refractivity contribution in [1.29, 1.82) is 0 Å². The minimum atomic E-state index is 0.549. The second-order valence-electron chi connectivity index (χ2n) is 3.02. The Hall–Kier alpha value is -0.530. The molecule has 0 amide bonds. The molecular weight excluding hydrogens is 126 g/mol. The van der Waals surface area contributed by atoms with Crippen LogP contribution < -0.4 is 0 Å². The van der Waals surface area contributed by atoms with Gasteiger partial charge in [-0.3, -0.25) is 0 Å². The van der Waals surface area contributed by atoms with E-state index in [1.54, 1.807) is 6.21 Å². The number of rotatable bonds is 1. The maximum atomic E-state index is 8.28. The van der Waals surface area contributed by atoms with Gasteiger partial charge in [0.2, 0.25) is 0 Å². The first-order valence-electron chi connectivity index (χ1n) is 4.11. The Morgan fingerprint density at radius 2 is 1.70 bits per heavy atom. The Labute approximate surface area is 61.9 Å². The standard InChI is InChI=1S/C8H15NO/c10-9-7-8-5-3-1-2-4-6-8/h7-8,10H,1-6H2. The lowest BCUT2D eigenvalue weighted by molar-refractivity contribution is 0.317. The van der Waals surface area contributed by atoms with Crippen LogP contribution in [0.25, 0.3) is 0 Å². The summed E-state index contributed by atoms with van der Waals surface area (Å²) in [6.45, 7) is 0. The molecule has 2 nitrogen and oxygen atoms in total. The van der Waals surface area contributed by atoms with Gasteiger partial charge in [-0.25, -0.2) is 0 Å². The van der Waals surface area contributed by atoms with Crippen LogP contribution in [-0.2, 0) is 0 Å². The topological polar surface area (TPSA) is 32.6 Å². The summed E-state index contributed by atoms with van der Waals surface area (Å²) in [4.78, 5) is 0. The van der Waals surface area contributed by atoms with E-state index in [1.807, 2.05) is 0 Å². The molecule has 1 fully saturated rings. The fourth-order valence-electron chi connectivity index (χ4n) is 1.55. The molecule has 1 saturated carbocycles. The lowest BCUT2D eigenvalue weighted by Crippen LogP contribution is -1.99. The van der Waals surface area contributed by atoms with E-state index in [0.29, 0.717) is 5.92 Å². The molecule has 0 atom stereocenters. The largest absolute Gasteiger partial charge is 0.411 e. The smallest absolute Gasteiger partial charge is 0.0466 e. The van der Waals surface area contributed by atoms with Gasteiger partial charge in [-0.2, -0.15) is 0 Å². The fourth-order valence-corrected chi connectivity index (χ4v) is 1.55. The van der Waals surface area contributed by atoms with Crippen molar-refractivity contribution in [2.45, 2.75) is 38.5 Å². The van der Waals surface area contributed by atoms with Gasteiger partial charge in [0.15, 0.2) is 0 Å². The van der Waals surface area contributed by atoms with E-state index in [0.717, 1.165) is 0 Å². The van der Waals surface area contributed by atoms with Crippen molar-refractivity contribution in [3.63, 3.8) is 0 Å². The summed E-state index contributed by atoms with van der Waals surface area (Å²) in [5, 5.41) is 11.4. The van der Waals surface area contributed by atoms with E-state index < -0.39 is 0 Å². The van der Waals surface area contributed by atoms with Gasteiger partial charge >= 0.3 is 0 Å². The zero-order chi connectivity index (χ0) is 7.23. The lowest BCUT2D eigenvalue weighted by atomic mass is 10.0. The Morgan fingerprint density at radius 1 is 1.10 bits per heavy atom. The number of nitrogens with zero attached hydrogens (tertiary/aromatic N) is 1. The van der Waals surface area contributed by atoms with Crippen LogP contribution in [0, 0.1) is 5.92 Å². The summed E-state index contributed by atoms with van der Waals surface area (Å²) in [5.41, 5.74) is 0. The Balaban J connectivity index is 2.28. The number of hydrogen-bond donors (Lipinski definition) is 1. The molecular formula is C8H15NO. The third kappa shape index (κ3) is 2.38. The minimum absolute atomic E-state index is 0.549. The molecule has 0 aliphatic heterocycles. The first kappa shape index (κ1) is 7.58. The normalized spacial score (nSPS) is 23.2. The van der Waals surface area contributed by atoms with Gasteiger partial charge in [-0.1, -0.05) is 25.7 Å². The number of hydrogen-bond acceptors (Lipinski definition) is 2. The van der Waals surface area contributed by atoms with E-state index in [2.05, 4.69) is 5.16 Å². The van der Waals surface area contributed by atoms with Crippen molar-refractivity contribution in [2.75, 3.05) is 0 Å². The van der Waals surface area contributed by atoms with Crippen LogP contribution in [0.4, 0.5) is 0 Å². The van der Waals surface area contributed by atoms with E-state index in [-0.39, 0.29) is 0 Å². The van der Waals surface area contributed by atoms with Crippen LogP contribution in [0.15, 0.2) is 5.16 Å². The minimum Gasteiger partial charge on any atom is -0.411 e. The first-order valence-corrected chi connectivity index (χ1v) is 4.11. The molecule has 0 saturated heterocycles. The molecule has 0 spiro atoms. The molecule has 0 heterocycles. The maximum Gasteiger partial charge on any atom is 0.0466 e. The van der Waals surface area contributed by atoms with Crippen LogP contribution in [-0.4, -0.2) is 11.4 Å². The summed E-state index contributed by atoms with van der Waals surface area (Å²) in [7, 11) is 0. The SMILES string of the molecule is ON=CC1CCCCCC1. The quantitative estimate of drug-likeness (QED) is 0.258. The molecule has 1 aliphatic carbocycles. The molecule has 1 rings (SSSR count). The van der Waals surface area contributed by atoms with Crippen LogP contribution in [0.1, 0.15) is 38.5 Å². The third-order valence-corrected chi connectivity index (χ3v) is 2.18. The monoisotopic (exact) mass is 141 g/mol. The molecule has 10 heavy (non-hydrogen) atoms. The van der Waals surface area contributed by atoms with Crippen LogP contribution in [0.5, 0.6) is 0 Å². The van der Waals surface area contributed by atoms with Gasteiger partial charge < -0.3 is 5.21 Å². The predicted octanol–water partition coefficient (Wildman–Crippen LogP) is 2.42. The Morgan fingerprint density at radius 3 is 2.20 bits per heavy atom. The summed E-state index contributed by atoms with van der Waals surface area (Å²) in [6.07, 6.45) is 9.43. The van der Waals surface area contributed by atoms with Gasteiger partial charge in [-0.15, -0.1) is 5.16 Å². The zero-order valence-electron chi connectivity index (χ0n) is 6.29. The molecule has 2 heteroatoms. The molecule has 0 unspecified atom stereocenters. The van der Waals surface area contributed by atoms with Gasteiger partial charge in [0, 0.05) is 6.21 Å². The van der Waals surface area contributed by atoms with Crippen LogP contribution in [0.3, 0.4) is 0 Å². The van der Waals surface area contributed by atoms with Crippen molar-refractivity contribution < 1.29 is 5.21 Å². The molecule has 0 aromatic carbocycles. The molecule has 58 valence electrons. The number of oxime groups is 1. The van der Waals surface area contributed by atoms with Crippen LogP contribution in [0.2, 0.25) is 0 Å². The highest BCUT2D eigenvalue weighted by atomic mass is 16.4. The molecule has 0 aromatic rings. The van der Waals surface area contributed by atoms with Gasteiger partial charge in [0.25, 0.3) is 0 Å². The maximum absolute atomic E-state index is 8.28. The van der Waals surface area contributed by atoms with Crippen molar-refractivity contribution >= 4 is 6.21 Å². The van der Waals surface area contributed by atoms with E-state index >= 15 is 0 Å². The molecule has 0 bridgehead atoms.